The first kappa shape index (κ1) is 12.2. The maximum absolute atomic E-state index is 6.12. The van der Waals surface area contributed by atoms with E-state index in [1.165, 1.54) is 12.8 Å². The Bertz CT molecular complexity index is 142. The first-order chi connectivity index (χ1) is 6.84. The van der Waals surface area contributed by atoms with E-state index in [0.29, 0.717) is 18.6 Å². The molecule has 1 N–H and O–H groups in total. The van der Waals surface area contributed by atoms with Crippen LogP contribution in [0, 0.1) is 5.92 Å². The third-order valence-electron chi connectivity index (χ3n) is 2.33. The van der Waals surface area contributed by atoms with Gasteiger partial charge in [-0.15, -0.1) is 11.6 Å². The number of rotatable bonds is 9. The minimum atomic E-state index is 0.314. The van der Waals surface area contributed by atoms with Crippen molar-refractivity contribution in [1.29, 1.82) is 0 Å². The van der Waals surface area contributed by atoms with Crippen LogP contribution in [-0.4, -0.2) is 45.4 Å². The molecule has 0 aliphatic heterocycles. The molecule has 1 rings (SSSR count). The number of methoxy groups -OCH3 is 1. The number of ether oxygens (including phenoxy) is 2. The number of hydrogen-bond acceptors (Lipinski definition) is 3. The smallest absolute Gasteiger partial charge is 0.0700 e. The summed E-state index contributed by atoms with van der Waals surface area (Å²) in [5.41, 5.74) is 0. The predicted octanol–water partition coefficient (Wildman–Crippen LogP) is 1.26. The van der Waals surface area contributed by atoms with E-state index < -0.39 is 0 Å². The molecule has 0 amide bonds. The summed E-state index contributed by atoms with van der Waals surface area (Å²) in [5, 5.41) is 3.60. The second kappa shape index (κ2) is 7.46. The predicted molar refractivity (Wildman–Crippen MR) is 57.9 cm³/mol. The Hall–Kier alpha value is 0.170. The molecule has 1 saturated carbocycles. The van der Waals surface area contributed by atoms with E-state index in [1.54, 1.807) is 7.11 Å². The Morgan fingerprint density at radius 1 is 1.36 bits per heavy atom. The van der Waals surface area contributed by atoms with Gasteiger partial charge < -0.3 is 14.8 Å². The summed E-state index contributed by atoms with van der Waals surface area (Å²) in [4.78, 5) is 0. The van der Waals surface area contributed by atoms with E-state index in [0.717, 1.165) is 25.6 Å². The molecular formula is C10H20ClNO2. The quantitative estimate of drug-likeness (QED) is 0.470. The monoisotopic (exact) mass is 221 g/mol. The lowest BCUT2D eigenvalue weighted by Gasteiger charge is -2.09. The van der Waals surface area contributed by atoms with Crippen LogP contribution in [0.1, 0.15) is 12.8 Å². The highest BCUT2D eigenvalue weighted by Gasteiger charge is 2.28. The molecule has 0 spiro atoms. The zero-order chi connectivity index (χ0) is 10.2. The van der Waals surface area contributed by atoms with Crippen molar-refractivity contribution in [2.24, 2.45) is 5.92 Å². The average molecular weight is 222 g/mol. The second-order valence-corrected chi connectivity index (χ2v) is 4.22. The lowest BCUT2D eigenvalue weighted by molar-refractivity contribution is 0.0720. The maximum Gasteiger partial charge on any atom is 0.0700 e. The van der Waals surface area contributed by atoms with Gasteiger partial charge in [-0.05, 0) is 18.8 Å². The number of nitrogens with one attached hydrogen (secondary N) is 1. The van der Waals surface area contributed by atoms with Gasteiger partial charge in [-0.1, -0.05) is 0 Å². The van der Waals surface area contributed by atoms with Crippen LogP contribution in [0.25, 0.3) is 0 Å². The van der Waals surface area contributed by atoms with E-state index in [9.17, 15) is 0 Å². The summed E-state index contributed by atoms with van der Waals surface area (Å²) in [5.74, 6) is 0.763. The van der Waals surface area contributed by atoms with E-state index in [1.807, 2.05) is 0 Å². The fourth-order valence-electron chi connectivity index (χ4n) is 1.25. The largest absolute Gasteiger partial charge is 0.382 e. The van der Waals surface area contributed by atoms with Crippen LogP contribution in [0.3, 0.4) is 0 Å². The molecule has 0 saturated heterocycles. The van der Waals surface area contributed by atoms with Gasteiger partial charge in [0.25, 0.3) is 0 Å². The van der Waals surface area contributed by atoms with Gasteiger partial charge >= 0.3 is 0 Å². The molecule has 1 atom stereocenters. The summed E-state index contributed by atoms with van der Waals surface area (Å²) in [6.45, 7) is 3.85. The van der Waals surface area contributed by atoms with Gasteiger partial charge in [0.05, 0.1) is 19.8 Å². The Kier molecular flexibility index (Phi) is 6.52. The fraction of sp³-hybridized carbons (Fsp3) is 1.00. The van der Waals surface area contributed by atoms with Gasteiger partial charge in [0, 0.05) is 25.6 Å². The summed E-state index contributed by atoms with van der Waals surface area (Å²) in [7, 11) is 1.68. The van der Waals surface area contributed by atoms with Crippen LogP contribution in [-0.2, 0) is 9.47 Å². The maximum atomic E-state index is 6.12. The highest BCUT2D eigenvalue weighted by Crippen LogP contribution is 2.35. The normalized spacial score (nSPS) is 18.4. The molecule has 0 heterocycles. The van der Waals surface area contributed by atoms with Crippen LogP contribution in [0.2, 0.25) is 0 Å². The number of hydrogen-bond donors (Lipinski definition) is 1. The van der Waals surface area contributed by atoms with Gasteiger partial charge in [-0.25, -0.2) is 0 Å². The van der Waals surface area contributed by atoms with Crippen molar-refractivity contribution in [3.8, 4) is 0 Å². The molecule has 1 aliphatic rings. The van der Waals surface area contributed by atoms with E-state index >= 15 is 0 Å². The second-order valence-electron chi connectivity index (χ2n) is 3.66. The lowest BCUT2D eigenvalue weighted by atomic mass is 10.3. The molecule has 0 aromatic rings. The summed E-state index contributed by atoms with van der Waals surface area (Å²) in [6, 6.07) is 0. The van der Waals surface area contributed by atoms with Crippen molar-refractivity contribution in [2.75, 3.05) is 40.0 Å². The Balaban J connectivity index is 1.75. The SMILES string of the molecule is COCCOCCNCC(Cl)C1CC1. The van der Waals surface area contributed by atoms with Crippen molar-refractivity contribution < 1.29 is 9.47 Å². The van der Waals surface area contributed by atoms with E-state index in [4.69, 9.17) is 21.1 Å². The Morgan fingerprint density at radius 3 is 2.79 bits per heavy atom. The van der Waals surface area contributed by atoms with Gasteiger partial charge in [-0.3, -0.25) is 0 Å². The van der Waals surface area contributed by atoms with Gasteiger partial charge in [0.2, 0.25) is 0 Å². The molecule has 0 aromatic heterocycles. The minimum absolute atomic E-state index is 0.314. The van der Waals surface area contributed by atoms with Crippen LogP contribution in [0.5, 0.6) is 0 Å². The van der Waals surface area contributed by atoms with Gasteiger partial charge in [0.15, 0.2) is 0 Å². The number of alkyl halides is 1. The first-order valence-electron chi connectivity index (χ1n) is 5.26. The third kappa shape index (κ3) is 5.81. The van der Waals surface area contributed by atoms with Crippen LogP contribution in [0.15, 0.2) is 0 Å². The van der Waals surface area contributed by atoms with E-state index in [2.05, 4.69) is 5.32 Å². The Morgan fingerprint density at radius 2 is 2.14 bits per heavy atom. The zero-order valence-electron chi connectivity index (χ0n) is 8.80. The summed E-state index contributed by atoms with van der Waals surface area (Å²) < 4.78 is 10.2. The molecule has 1 aliphatic carbocycles. The minimum Gasteiger partial charge on any atom is -0.382 e. The molecule has 4 heteroatoms. The summed E-state index contributed by atoms with van der Waals surface area (Å²) in [6.07, 6.45) is 2.61. The topological polar surface area (TPSA) is 30.5 Å². The molecular weight excluding hydrogens is 202 g/mol. The molecule has 0 aromatic carbocycles. The Labute approximate surface area is 91.1 Å². The van der Waals surface area contributed by atoms with Crippen molar-refractivity contribution in [3.05, 3.63) is 0 Å². The van der Waals surface area contributed by atoms with Crippen molar-refractivity contribution in [3.63, 3.8) is 0 Å². The molecule has 84 valence electrons. The van der Waals surface area contributed by atoms with Crippen molar-refractivity contribution in [1.82, 2.24) is 5.32 Å². The third-order valence-corrected chi connectivity index (χ3v) is 2.84. The van der Waals surface area contributed by atoms with Gasteiger partial charge in [0.1, 0.15) is 0 Å². The highest BCUT2D eigenvalue weighted by molar-refractivity contribution is 6.21. The van der Waals surface area contributed by atoms with Crippen molar-refractivity contribution in [2.45, 2.75) is 18.2 Å². The van der Waals surface area contributed by atoms with Crippen molar-refractivity contribution >= 4 is 11.6 Å². The summed E-state index contributed by atoms with van der Waals surface area (Å²) >= 11 is 6.12. The highest BCUT2D eigenvalue weighted by atomic mass is 35.5. The molecule has 14 heavy (non-hydrogen) atoms. The fourth-order valence-corrected chi connectivity index (χ4v) is 1.61. The van der Waals surface area contributed by atoms with Crippen LogP contribution in [0.4, 0.5) is 0 Å². The first-order valence-corrected chi connectivity index (χ1v) is 5.69. The van der Waals surface area contributed by atoms with E-state index in [-0.39, 0.29) is 0 Å². The van der Waals surface area contributed by atoms with Crippen LogP contribution >= 0.6 is 11.6 Å². The number of halogens is 1. The molecule has 0 bridgehead atoms. The molecule has 1 unspecified atom stereocenters. The molecule has 3 nitrogen and oxygen atoms in total. The van der Waals surface area contributed by atoms with Gasteiger partial charge in [-0.2, -0.15) is 0 Å². The zero-order valence-corrected chi connectivity index (χ0v) is 9.55. The molecule has 1 fully saturated rings. The average Bonchev–Trinajstić information content (AvgIpc) is 2.99. The molecule has 0 radical (unpaired) electrons. The lowest BCUT2D eigenvalue weighted by Crippen LogP contribution is -2.28. The van der Waals surface area contributed by atoms with Crippen LogP contribution < -0.4 is 5.32 Å². The standard InChI is InChI=1S/C10H20ClNO2/c1-13-6-7-14-5-4-12-8-10(11)9-2-3-9/h9-10,12H,2-8H2,1H3.